The maximum absolute atomic E-state index is 12.5. The van der Waals surface area contributed by atoms with Crippen molar-refractivity contribution in [2.75, 3.05) is 13.1 Å². The van der Waals surface area contributed by atoms with Gasteiger partial charge in [0.15, 0.2) is 5.96 Å². The van der Waals surface area contributed by atoms with Crippen molar-refractivity contribution >= 4 is 29.9 Å². The molecule has 0 aliphatic rings. The quantitative estimate of drug-likeness (QED) is 0.326. The van der Waals surface area contributed by atoms with E-state index in [4.69, 9.17) is 0 Å². The molecule has 1 aromatic heterocycles. The second-order valence-corrected chi connectivity index (χ2v) is 6.13. The van der Waals surface area contributed by atoms with E-state index in [0.29, 0.717) is 24.6 Å². The van der Waals surface area contributed by atoms with Crippen molar-refractivity contribution in [3.63, 3.8) is 0 Å². The highest BCUT2D eigenvalue weighted by Gasteiger charge is 2.10. The lowest BCUT2D eigenvalue weighted by molar-refractivity contribution is -0.0504. The van der Waals surface area contributed by atoms with Crippen LogP contribution in [0, 0.1) is 13.8 Å². The molecule has 0 bridgehead atoms. The van der Waals surface area contributed by atoms with Crippen LogP contribution in [0.15, 0.2) is 29.3 Å². The van der Waals surface area contributed by atoms with E-state index in [0.717, 1.165) is 17.8 Å². The number of alkyl halides is 2. The summed E-state index contributed by atoms with van der Waals surface area (Å²) in [6, 6.07) is 6.68. The van der Waals surface area contributed by atoms with E-state index in [1.165, 1.54) is 11.6 Å². The Kier molecular flexibility index (Phi) is 10.2. The van der Waals surface area contributed by atoms with E-state index in [-0.39, 0.29) is 36.3 Å². The first-order valence-electron chi connectivity index (χ1n) is 8.96. The molecule has 1 heterocycles. The van der Waals surface area contributed by atoms with Gasteiger partial charge < -0.3 is 15.4 Å². The van der Waals surface area contributed by atoms with Crippen LogP contribution >= 0.6 is 24.0 Å². The summed E-state index contributed by atoms with van der Waals surface area (Å²) in [5, 5.41) is 10.9. The van der Waals surface area contributed by atoms with Gasteiger partial charge in [-0.3, -0.25) is 4.68 Å². The van der Waals surface area contributed by atoms with E-state index in [9.17, 15) is 8.78 Å². The van der Waals surface area contributed by atoms with Crippen LogP contribution in [-0.4, -0.2) is 35.4 Å². The molecule has 0 unspecified atom stereocenters. The van der Waals surface area contributed by atoms with Gasteiger partial charge in [-0.1, -0.05) is 18.2 Å². The second-order valence-electron chi connectivity index (χ2n) is 6.13. The summed E-state index contributed by atoms with van der Waals surface area (Å²) >= 11 is 0. The Morgan fingerprint density at radius 1 is 1.25 bits per heavy atom. The Morgan fingerprint density at radius 3 is 2.57 bits per heavy atom. The summed E-state index contributed by atoms with van der Waals surface area (Å²) in [6.07, 6.45) is 0.820. The van der Waals surface area contributed by atoms with Crippen LogP contribution in [0.3, 0.4) is 0 Å². The molecule has 1 aromatic carbocycles. The van der Waals surface area contributed by atoms with Gasteiger partial charge in [-0.25, -0.2) is 4.99 Å². The first-order valence-corrected chi connectivity index (χ1v) is 8.96. The number of aliphatic imine (C=N–C) groups is 1. The number of aryl methyl sites for hydroxylation is 2. The van der Waals surface area contributed by atoms with Crippen LogP contribution in [-0.2, 0) is 20.0 Å². The predicted octanol–water partition coefficient (Wildman–Crippen LogP) is 3.55. The highest BCUT2D eigenvalue weighted by atomic mass is 127. The number of hydrogen-bond donors (Lipinski definition) is 2. The molecule has 2 rings (SSSR count). The number of nitrogens with one attached hydrogen (secondary N) is 2. The number of para-hydroxylation sites is 1. The predicted molar refractivity (Wildman–Crippen MR) is 118 cm³/mol. The summed E-state index contributed by atoms with van der Waals surface area (Å²) in [5.74, 6) is 0.775. The van der Waals surface area contributed by atoms with Gasteiger partial charge in [-0.2, -0.15) is 13.9 Å². The van der Waals surface area contributed by atoms with Crippen molar-refractivity contribution in [3.05, 3.63) is 46.8 Å². The monoisotopic (exact) mass is 507 g/mol. The molecule has 28 heavy (non-hydrogen) atoms. The SMILES string of the molecule is CCNC(=NCc1ccccc1OC(F)F)NCCc1c(C)nn(C)c1C.I. The van der Waals surface area contributed by atoms with Gasteiger partial charge >= 0.3 is 6.61 Å². The fraction of sp³-hybridized carbons (Fsp3) is 0.474. The fourth-order valence-electron chi connectivity index (χ4n) is 2.84. The highest BCUT2D eigenvalue weighted by molar-refractivity contribution is 14.0. The molecule has 6 nitrogen and oxygen atoms in total. The zero-order valence-corrected chi connectivity index (χ0v) is 19.0. The summed E-state index contributed by atoms with van der Waals surface area (Å²) in [7, 11) is 1.93. The smallest absolute Gasteiger partial charge is 0.387 e. The zero-order valence-electron chi connectivity index (χ0n) is 16.6. The van der Waals surface area contributed by atoms with E-state index in [1.54, 1.807) is 18.2 Å². The minimum Gasteiger partial charge on any atom is -0.434 e. The lowest BCUT2D eigenvalue weighted by Gasteiger charge is -2.13. The second kappa shape index (κ2) is 11.8. The standard InChI is InChI=1S/C19H27F2N5O.HI/c1-5-22-19(23-11-10-16-13(2)25-26(4)14(16)3)24-12-15-8-6-7-9-17(15)27-18(20)21;/h6-9,18H,5,10-12H2,1-4H3,(H2,22,23,24);1H. The number of rotatable bonds is 8. The third-order valence-corrected chi connectivity index (χ3v) is 4.27. The summed E-state index contributed by atoms with van der Waals surface area (Å²) in [4.78, 5) is 4.48. The molecule has 0 saturated carbocycles. The molecule has 0 radical (unpaired) electrons. The lowest BCUT2D eigenvalue weighted by atomic mass is 10.1. The Bertz CT molecular complexity index is 780. The van der Waals surface area contributed by atoms with Crippen LogP contribution in [0.2, 0.25) is 0 Å². The van der Waals surface area contributed by atoms with Gasteiger partial charge in [0, 0.05) is 31.4 Å². The van der Waals surface area contributed by atoms with Gasteiger partial charge in [0.25, 0.3) is 0 Å². The van der Waals surface area contributed by atoms with Crippen molar-refractivity contribution in [2.45, 2.75) is 40.3 Å². The Hall–Kier alpha value is -1.91. The van der Waals surface area contributed by atoms with Gasteiger partial charge in [0.1, 0.15) is 5.75 Å². The lowest BCUT2D eigenvalue weighted by Crippen LogP contribution is -2.38. The number of nitrogens with zero attached hydrogens (tertiary/aromatic N) is 3. The zero-order chi connectivity index (χ0) is 19.8. The molecule has 0 amide bonds. The molecule has 0 aliphatic heterocycles. The molecular weight excluding hydrogens is 479 g/mol. The largest absolute Gasteiger partial charge is 0.434 e. The summed E-state index contributed by atoms with van der Waals surface area (Å²) in [6.45, 7) is 4.80. The van der Waals surface area contributed by atoms with Gasteiger partial charge in [0.05, 0.1) is 12.2 Å². The van der Waals surface area contributed by atoms with E-state index >= 15 is 0 Å². The van der Waals surface area contributed by atoms with Crippen molar-refractivity contribution in [1.29, 1.82) is 0 Å². The van der Waals surface area contributed by atoms with Crippen molar-refractivity contribution in [2.24, 2.45) is 12.0 Å². The Morgan fingerprint density at radius 2 is 1.96 bits per heavy atom. The number of benzene rings is 1. The maximum Gasteiger partial charge on any atom is 0.387 e. The number of guanidine groups is 1. The molecule has 2 N–H and O–H groups in total. The van der Waals surface area contributed by atoms with Gasteiger partial charge in [-0.15, -0.1) is 24.0 Å². The molecular formula is C19H28F2IN5O. The minimum absolute atomic E-state index is 0. The first-order chi connectivity index (χ1) is 12.9. The van der Waals surface area contributed by atoms with Crippen LogP contribution in [0.5, 0.6) is 5.75 Å². The van der Waals surface area contributed by atoms with Gasteiger partial charge in [0.2, 0.25) is 0 Å². The number of hydrogen-bond acceptors (Lipinski definition) is 3. The Labute approximate surface area is 181 Å². The number of halogens is 3. The molecule has 2 aromatic rings. The first kappa shape index (κ1) is 24.1. The van der Waals surface area contributed by atoms with Crippen molar-refractivity contribution < 1.29 is 13.5 Å². The molecule has 0 atom stereocenters. The fourth-order valence-corrected chi connectivity index (χ4v) is 2.84. The molecule has 0 fully saturated rings. The summed E-state index contributed by atoms with van der Waals surface area (Å²) < 4.78 is 31.5. The molecule has 9 heteroatoms. The molecule has 0 aliphatic carbocycles. The van der Waals surface area contributed by atoms with Crippen molar-refractivity contribution in [1.82, 2.24) is 20.4 Å². The minimum atomic E-state index is -2.85. The van der Waals surface area contributed by atoms with E-state index < -0.39 is 6.61 Å². The topological polar surface area (TPSA) is 63.5 Å². The van der Waals surface area contributed by atoms with E-state index in [2.05, 4.69) is 32.4 Å². The maximum atomic E-state index is 12.5. The molecule has 0 saturated heterocycles. The number of ether oxygens (including phenoxy) is 1. The summed E-state index contributed by atoms with van der Waals surface area (Å²) in [5.41, 5.74) is 4.00. The Balaban J connectivity index is 0.00000392. The average molecular weight is 507 g/mol. The van der Waals surface area contributed by atoms with Gasteiger partial charge in [-0.05, 0) is 38.8 Å². The van der Waals surface area contributed by atoms with E-state index in [1.807, 2.05) is 25.6 Å². The number of aromatic nitrogens is 2. The third-order valence-electron chi connectivity index (χ3n) is 4.27. The molecule has 0 spiro atoms. The van der Waals surface area contributed by atoms with Crippen LogP contribution in [0.1, 0.15) is 29.4 Å². The average Bonchev–Trinajstić information content (AvgIpc) is 2.86. The molecule has 156 valence electrons. The van der Waals surface area contributed by atoms with Crippen LogP contribution in [0.25, 0.3) is 0 Å². The van der Waals surface area contributed by atoms with Crippen molar-refractivity contribution in [3.8, 4) is 5.75 Å². The van der Waals surface area contributed by atoms with Crippen LogP contribution in [0.4, 0.5) is 8.78 Å². The van der Waals surface area contributed by atoms with Crippen LogP contribution < -0.4 is 15.4 Å². The normalized spacial score (nSPS) is 11.3. The third kappa shape index (κ3) is 6.92. The highest BCUT2D eigenvalue weighted by Crippen LogP contribution is 2.21.